The van der Waals surface area contributed by atoms with Crippen LogP contribution in [0, 0.1) is 5.82 Å². The smallest absolute Gasteiger partial charge is 0.387 e. The molecule has 3 amide bonds. The number of hydrogen-bond donors (Lipinski definition) is 1. The lowest BCUT2D eigenvalue weighted by molar-refractivity contribution is -0.122. The van der Waals surface area contributed by atoms with Gasteiger partial charge in [-0.15, -0.1) is 0 Å². The van der Waals surface area contributed by atoms with Crippen LogP contribution in [0.15, 0.2) is 53.4 Å². The van der Waals surface area contributed by atoms with Gasteiger partial charge in [-0.2, -0.15) is 8.78 Å². The summed E-state index contributed by atoms with van der Waals surface area (Å²) in [4.78, 5) is 37.8. The molecule has 2 aromatic carbocycles. The van der Waals surface area contributed by atoms with E-state index in [9.17, 15) is 27.6 Å². The molecule has 1 aliphatic rings. The quantitative estimate of drug-likeness (QED) is 0.667. The van der Waals surface area contributed by atoms with Gasteiger partial charge in [-0.05, 0) is 36.0 Å². The number of hydrogen-bond acceptors (Lipinski definition) is 5. The number of nitrogens with zero attached hydrogens (tertiary/aromatic N) is 1. The predicted molar refractivity (Wildman–Crippen MR) is 104 cm³/mol. The second kappa shape index (κ2) is 9.49. The van der Waals surface area contributed by atoms with Crippen LogP contribution in [-0.4, -0.2) is 41.7 Å². The van der Waals surface area contributed by atoms with Crippen molar-refractivity contribution in [2.75, 3.05) is 13.1 Å². The highest BCUT2D eigenvalue weighted by Crippen LogP contribution is 2.32. The van der Waals surface area contributed by atoms with Crippen LogP contribution in [0.3, 0.4) is 0 Å². The summed E-state index contributed by atoms with van der Waals surface area (Å²) in [6.45, 7) is -3.33. The number of halogens is 3. The minimum absolute atomic E-state index is 0.0621. The van der Waals surface area contributed by atoms with E-state index in [1.807, 2.05) is 0 Å². The Hall–Kier alpha value is -3.27. The first kappa shape index (κ1) is 21.4. The minimum atomic E-state index is -3.09. The number of imide groups is 1. The van der Waals surface area contributed by atoms with Gasteiger partial charge in [0.15, 0.2) is 0 Å². The van der Waals surface area contributed by atoms with Crippen molar-refractivity contribution in [2.24, 2.45) is 0 Å². The Labute approximate surface area is 173 Å². The summed E-state index contributed by atoms with van der Waals surface area (Å²) in [5, 5.41) is 1.90. The summed E-state index contributed by atoms with van der Waals surface area (Å²) in [5.41, 5.74) is 0.0679. The van der Waals surface area contributed by atoms with E-state index in [4.69, 9.17) is 0 Å². The van der Waals surface area contributed by atoms with Crippen LogP contribution >= 0.6 is 11.8 Å². The third kappa shape index (κ3) is 5.01. The molecular weight excluding hydrogens is 421 g/mol. The molecule has 0 bridgehead atoms. The number of para-hydroxylation sites is 1. The van der Waals surface area contributed by atoms with Gasteiger partial charge < -0.3 is 10.1 Å². The first-order valence-corrected chi connectivity index (χ1v) is 9.50. The molecule has 6 nitrogen and oxygen atoms in total. The SMILES string of the molecule is O=C(NCCN1C(=O)S/C(=C\c2ccccc2F)C1=O)c1ccccc1OC(F)F. The van der Waals surface area contributed by atoms with Crippen molar-refractivity contribution in [1.82, 2.24) is 10.2 Å². The summed E-state index contributed by atoms with van der Waals surface area (Å²) in [6.07, 6.45) is 1.29. The summed E-state index contributed by atoms with van der Waals surface area (Å²) < 4.78 is 43.0. The molecule has 1 heterocycles. The molecule has 1 aliphatic heterocycles. The van der Waals surface area contributed by atoms with E-state index in [0.717, 1.165) is 4.90 Å². The monoisotopic (exact) mass is 436 g/mol. The molecule has 1 saturated heterocycles. The zero-order valence-electron chi connectivity index (χ0n) is 15.3. The fourth-order valence-electron chi connectivity index (χ4n) is 2.66. The molecule has 1 fully saturated rings. The predicted octanol–water partition coefficient (Wildman–Crippen LogP) is 3.89. The molecule has 0 aliphatic carbocycles. The van der Waals surface area contributed by atoms with E-state index in [0.29, 0.717) is 11.8 Å². The van der Waals surface area contributed by atoms with Gasteiger partial charge in [0.1, 0.15) is 11.6 Å². The first-order valence-electron chi connectivity index (χ1n) is 8.68. The summed E-state index contributed by atoms with van der Waals surface area (Å²) in [7, 11) is 0. The highest BCUT2D eigenvalue weighted by atomic mass is 32.2. The highest BCUT2D eigenvalue weighted by Gasteiger charge is 2.34. The average Bonchev–Trinajstić information content (AvgIpc) is 2.97. The number of ether oxygens (including phenoxy) is 1. The number of nitrogens with one attached hydrogen (secondary N) is 1. The van der Waals surface area contributed by atoms with Crippen molar-refractivity contribution in [3.8, 4) is 5.75 Å². The lowest BCUT2D eigenvalue weighted by Crippen LogP contribution is -2.37. The molecule has 0 saturated carbocycles. The molecule has 0 aromatic heterocycles. The van der Waals surface area contributed by atoms with Gasteiger partial charge in [0.05, 0.1) is 10.5 Å². The van der Waals surface area contributed by atoms with Crippen molar-refractivity contribution in [3.05, 3.63) is 70.4 Å². The molecule has 2 aromatic rings. The number of benzene rings is 2. The molecule has 30 heavy (non-hydrogen) atoms. The van der Waals surface area contributed by atoms with E-state index in [1.165, 1.54) is 48.5 Å². The van der Waals surface area contributed by atoms with E-state index >= 15 is 0 Å². The molecule has 10 heteroatoms. The van der Waals surface area contributed by atoms with Crippen molar-refractivity contribution in [2.45, 2.75) is 6.61 Å². The number of carbonyl (C=O) groups excluding carboxylic acids is 3. The minimum Gasteiger partial charge on any atom is -0.434 e. The van der Waals surface area contributed by atoms with Gasteiger partial charge in [0.2, 0.25) is 0 Å². The largest absolute Gasteiger partial charge is 0.434 e. The Morgan fingerprint density at radius 3 is 2.57 bits per heavy atom. The van der Waals surface area contributed by atoms with Crippen molar-refractivity contribution in [1.29, 1.82) is 0 Å². The van der Waals surface area contributed by atoms with Crippen LogP contribution in [-0.2, 0) is 4.79 Å². The zero-order valence-corrected chi connectivity index (χ0v) is 16.1. The summed E-state index contributed by atoms with van der Waals surface area (Å²) in [5.74, 6) is -2.12. The lowest BCUT2D eigenvalue weighted by atomic mass is 10.2. The van der Waals surface area contributed by atoms with E-state index < -0.39 is 29.5 Å². The fourth-order valence-corrected chi connectivity index (χ4v) is 3.51. The van der Waals surface area contributed by atoms with Crippen LogP contribution in [0.2, 0.25) is 0 Å². The van der Waals surface area contributed by atoms with Gasteiger partial charge in [0.25, 0.3) is 17.1 Å². The molecule has 1 N–H and O–H groups in total. The Kier molecular flexibility index (Phi) is 6.78. The third-order valence-electron chi connectivity index (χ3n) is 4.03. The molecular formula is C20H15F3N2O4S. The van der Waals surface area contributed by atoms with Crippen molar-refractivity contribution < 1.29 is 32.3 Å². The Balaban J connectivity index is 1.62. The van der Waals surface area contributed by atoms with Crippen LogP contribution in [0.25, 0.3) is 6.08 Å². The lowest BCUT2D eigenvalue weighted by Gasteiger charge is -2.14. The van der Waals surface area contributed by atoms with E-state index in [-0.39, 0.29) is 34.9 Å². The maximum absolute atomic E-state index is 13.8. The van der Waals surface area contributed by atoms with Crippen molar-refractivity contribution in [3.63, 3.8) is 0 Å². The Morgan fingerprint density at radius 2 is 1.83 bits per heavy atom. The van der Waals surface area contributed by atoms with Crippen LogP contribution in [0.5, 0.6) is 5.75 Å². The third-order valence-corrected chi connectivity index (χ3v) is 4.94. The number of rotatable bonds is 7. The van der Waals surface area contributed by atoms with Gasteiger partial charge in [0, 0.05) is 18.7 Å². The summed E-state index contributed by atoms with van der Waals surface area (Å²) in [6, 6.07) is 11.3. The fraction of sp³-hybridized carbons (Fsp3) is 0.150. The number of alkyl halides is 2. The van der Waals surface area contributed by atoms with Crippen LogP contribution in [0.4, 0.5) is 18.0 Å². The molecule has 0 spiro atoms. The number of carbonyl (C=O) groups is 3. The Bertz CT molecular complexity index is 1010. The maximum Gasteiger partial charge on any atom is 0.387 e. The molecule has 0 unspecified atom stereocenters. The molecule has 156 valence electrons. The second-order valence-electron chi connectivity index (χ2n) is 5.99. The van der Waals surface area contributed by atoms with Gasteiger partial charge in [-0.1, -0.05) is 30.3 Å². The van der Waals surface area contributed by atoms with Gasteiger partial charge in [-0.25, -0.2) is 4.39 Å². The molecule has 0 radical (unpaired) electrons. The Morgan fingerprint density at radius 1 is 1.13 bits per heavy atom. The normalized spacial score (nSPS) is 15.2. The van der Waals surface area contributed by atoms with Gasteiger partial charge in [-0.3, -0.25) is 19.3 Å². The molecule has 3 rings (SSSR count). The number of thioether (sulfide) groups is 1. The van der Waals surface area contributed by atoms with E-state index in [2.05, 4.69) is 10.1 Å². The second-order valence-corrected chi connectivity index (χ2v) is 6.98. The van der Waals surface area contributed by atoms with Gasteiger partial charge >= 0.3 is 6.61 Å². The van der Waals surface area contributed by atoms with Crippen molar-refractivity contribution >= 4 is 34.9 Å². The van der Waals surface area contributed by atoms with E-state index in [1.54, 1.807) is 6.07 Å². The van der Waals surface area contributed by atoms with Crippen LogP contribution < -0.4 is 10.1 Å². The topological polar surface area (TPSA) is 75.7 Å². The zero-order chi connectivity index (χ0) is 21.7. The molecule has 0 atom stereocenters. The standard InChI is InChI=1S/C20H15F3N2O4S/c21-14-7-3-1-5-12(14)11-16-18(27)25(20(28)30-16)10-9-24-17(26)13-6-2-4-8-15(13)29-19(22)23/h1-8,11,19H,9-10H2,(H,24,26)/b16-11-. The average molecular weight is 436 g/mol. The highest BCUT2D eigenvalue weighted by molar-refractivity contribution is 8.18. The first-order chi connectivity index (χ1) is 14.4. The maximum atomic E-state index is 13.8. The summed E-state index contributed by atoms with van der Waals surface area (Å²) >= 11 is 0.666. The van der Waals surface area contributed by atoms with Crippen LogP contribution in [0.1, 0.15) is 15.9 Å². The number of amides is 3.